The molecule has 3 heterocycles. The van der Waals surface area contributed by atoms with Crippen molar-refractivity contribution in [2.45, 2.75) is 19.0 Å². The average molecular weight is 574 g/mol. The van der Waals surface area contributed by atoms with Crippen LogP contribution < -0.4 is 15.5 Å². The zero-order valence-electron chi connectivity index (χ0n) is 20.5. The number of rotatable bonds is 4. The van der Waals surface area contributed by atoms with Crippen LogP contribution in [0.2, 0.25) is 5.02 Å². The van der Waals surface area contributed by atoms with Crippen molar-refractivity contribution in [2.24, 2.45) is 5.92 Å². The standard InChI is InChI=1S/C26H23ClF3N7OS/c27-19-11-17-20(12-18(19)26(28,29)30)35-22-21(17)23(32-13-31-22)36-7-9-37(10-8-36)25(39)34-16-5-3-15(4-6-16)33-24(38)14-1-2-14/h3-6,11-14H,1-2,7-10H2,(H,33,38)(H,34,39)(H,31,32,35). The van der Waals surface area contributed by atoms with Gasteiger partial charge in [0.25, 0.3) is 0 Å². The second-order valence-electron chi connectivity index (χ2n) is 9.67. The van der Waals surface area contributed by atoms with Gasteiger partial charge in [0.2, 0.25) is 5.91 Å². The van der Waals surface area contributed by atoms with Crippen molar-refractivity contribution in [3.8, 4) is 0 Å². The summed E-state index contributed by atoms with van der Waals surface area (Å²) in [6, 6.07) is 9.76. The summed E-state index contributed by atoms with van der Waals surface area (Å²) >= 11 is 11.6. The third-order valence-corrected chi connectivity index (χ3v) is 7.65. The van der Waals surface area contributed by atoms with Crippen molar-refractivity contribution in [2.75, 3.05) is 41.7 Å². The number of amides is 1. The molecule has 1 saturated carbocycles. The SMILES string of the molecule is O=C(Nc1ccc(NC(=S)N2CCN(c3ncnc4[nH]c5cc(C(F)(F)F)c(Cl)cc5c34)CC2)cc1)C1CC1. The largest absolute Gasteiger partial charge is 0.417 e. The maximum atomic E-state index is 13.4. The molecule has 0 radical (unpaired) electrons. The quantitative estimate of drug-likeness (QED) is 0.272. The molecule has 6 rings (SSSR count). The molecular weight excluding hydrogens is 551 g/mol. The van der Waals surface area contributed by atoms with Gasteiger partial charge in [0.15, 0.2) is 5.11 Å². The van der Waals surface area contributed by atoms with Crippen LogP contribution in [-0.4, -0.2) is 57.1 Å². The van der Waals surface area contributed by atoms with Crippen molar-refractivity contribution in [3.63, 3.8) is 0 Å². The van der Waals surface area contributed by atoms with Crippen molar-refractivity contribution in [1.82, 2.24) is 19.9 Å². The Labute approximate surface area is 231 Å². The summed E-state index contributed by atoms with van der Waals surface area (Å²) in [5.74, 6) is 0.833. The Bertz CT molecular complexity index is 1580. The number of carbonyl (C=O) groups excluding carboxylic acids is 1. The van der Waals surface area contributed by atoms with E-state index in [2.05, 4.69) is 35.4 Å². The Balaban J connectivity index is 1.14. The first-order chi connectivity index (χ1) is 18.7. The van der Waals surface area contributed by atoms with Crippen LogP contribution in [-0.2, 0) is 11.0 Å². The predicted octanol–water partition coefficient (Wildman–Crippen LogP) is 5.65. The Morgan fingerprint density at radius 2 is 1.69 bits per heavy atom. The Hall–Kier alpha value is -3.64. The molecule has 1 aliphatic carbocycles. The number of nitrogens with zero attached hydrogens (tertiary/aromatic N) is 4. The highest BCUT2D eigenvalue weighted by Crippen LogP contribution is 2.40. The molecule has 39 heavy (non-hydrogen) atoms. The Kier molecular flexibility index (Phi) is 6.46. The zero-order chi connectivity index (χ0) is 27.3. The third kappa shape index (κ3) is 5.18. The number of fused-ring (bicyclic) bond motifs is 3. The van der Waals surface area contributed by atoms with Crippen LogP contribution in [0.4, 0.5) is 30.4 Å². The number of carbonyl (C=O) groups is 1. The lowest BCUT2D eigenvalue weighted by atomic mass is 10.1. The molecule has 0 spiro atoms. The lowest BCUT2D eigenvalue weighted by Gasteiger charge is -2.37. The fourth-order valence-electron chi connectivity index (χ4n) is 4.74. The molecule has 202 valence electrons. The maximum absolute atomic E-state index is 13.4. The van der Waals surface area contributed by atoms with Gasteiger partial charge >= 0.3 is 6.18 Å². The third-order valence-electron chi connectivity index (χ3n) is 6.98. The van der Waals surface area contributed by atoms with Gasteiger partial charge in [-0.25, -0.2) is 9.97 Å². The van der Waals surface area contributed by atoms with E-state index < -0.39 is 11.7 Å². The number of nitrogens with one attached hydrogen (secondary N) is 3. The molecule has 2 aromatic carbocycles. The van der Waals surface area contributed by atoms with Crippen molar-refractivity contribution in [1.29, 1.82) is 0 Å². The van der Waals surface area contributed by atoms with Crippen LogP contribution in [0.15, 0.2) is 42.7 Å². The number of piperazine rings is 1. The number of hydrogen-bond acceptors (Lipinski definition) is 5. The summed E-state index contributed by atoms with van der Waals surface area (Å²) in [5.41, 5.74) is 1.41. The summed E-state index contributed by atoms with van der Waals surface area (Å²) < 4.78 is 40.1. The molecular formula is C26H23ClF3N7OS. The van der Waals surface area contributed by atoms with Gasteiger partial charge in [0.05, 0.1) is 16.0 Å². The van der Waals surface area contributed by atoms with E-state index in [1.54, 1.807) is 0 Å². The first kappa shape index (κ1) is 25.6. The van der Waals surface area contributed by atoms with Gasteiger partial charge in [-0.15, -0.1) is 0 Å². The van der Waals surface area contributed by atoms with Gasteiger partial charge in [0.1, 0.15) is 17.8 Å². The van der Waals surface area contributed by atoms with Gasteiger partial charge in [-0.05, 0) is 61.5 Å². The molecule has 4 aromatic rings. The van der Waals surface area contributed by atoms with Gasteiger partial charge in [-0.1, -0.05) is 11.6 Å². The summed E-state index contributed by atoms with van der Waals surface area (Å²) in [4.78, 5) is 27.7. The first-order valence-electron chi connectivity index (χ1n) is 12.4. The zero-order valence-corrected chi connectivity index (χ0v) is 22.1. The van der Waals surface area contributed by atoms with Crippen molar-refractivity contribution >= 4 is 74.0 Å². The number of halogens is 4. The highest BCUT2D eigenvalue weighted by molar-refractivity contribution is 7.80. The minimum Gasteiger partial charge on any atom is -0.352 e. The van der Waals surface area contributed by atoms with E-state index in [-0.39, 0.29) is 16.8 Å². The number of aromatic nitrogens is 3. The van der Waals surface area contributed by atoms with Crippen LogP contribution in [0.25, 0.3) is 21.9 Å². The van der Waals surface area contributed by atoms with Gasteiger partial charge < -0.3 is 25.4 Å². The lowest BCUT2D eigenvalue weighted by Crippen LogP contribution is -2.50. The van der Waals surface area contributed by atoms with Crippen LogP contribution in [0.3, 0.4) is 0 Å². The molecule has 2 aliphatic rings. The number of hydrogen-bond donors (Lipinski definition) is 3. The molecule has 0 unspecified atom stereocenters. The first-order valence-corrected chi connectivity index (χ1v) is 13.2. The topological polar surface area (TPSA) is 89.2 Å². The fraction of sp³-hybridized carbons (Fsp3) is 0.308. The summed E-state index contributed by atoms with van der Waals surface area (Å²) in [6.07, 6.45) is -1.26. The number of aromatic amines is 1. The summed E-state index contributed by atoms with van der Waals surface area (Å²) in [5, 5.41) is 7.54. The number of H-pyrrole nitrogens is 1. The van der Waals surface area contributed by atoms with Crippen LogP contribution in [0.1, 0.15) is 18.4 Å². The summed E-state index contributed by atoms with van der Waals surface area (Å²) in [7, 11) is 0. The molecule has 2 aromatic heterocycles. The van der Waals surface area contributed by atoms with Gasteiger partial charge in [-0.2, -0.15) is 13.2 Å². The Morgan fingerprint density at radius 3 is 2.33 bits per heavy atom. The molecule has 3 N–H and O–H groups in total. The van der Waals surface area contributed by atoms with Gasteiger partial charge in [0, 0.05) is 54.4 Å². The molecule has 1 saturated heterocycles. The smallest absolute Gasteiger partial charge is 0.352 e. The van der Waals surface area contributed by atoms with Crippen molar-refractivity contribution < 1.29 is 18.0 Å². The molecule has 2 fully saturated rings. The van der Waals surface area contributed by atoms with Crippen LogP contribution in [0, 0.1) is 5.92 Å². The number of thiocarbonyl (C=S) groups is 1. The van der Waals surface area contributed by atoms with E-state index in [9.17, 15) is 18.0 Å². The molecule has 1 amide bonds. The fourth-order valence-corrected chi connectivity index (χ4v) is 5.31. The highest BCUT2D eigenvalue weighted by atomic mass is 35.5. The van der Waals surface area contributed by atoms with E-state index in [4.69, 9.17) is 23.8 Å². The molecule has 8 nitrogen and oxygen atoms in total. The number of anilines is 3. The monoisotopic (exact) mass is 573 g/mol. The van der Waals surface area contributed by atoms with Gasteiger partial charge in [-0.3, -0.25) is 4.79 Å². The highest BCUT2D eigenvalue weighted by Gasteiger charge is 2.34. The lowest BCUT2D eigenvalue weighted by molar-refractivity contribution is -0.137. The van der Waals surface area contributed by atoms with E-state index in [1.165, 1.54) is 12.4 Å². The van der Waals surface area contributed by atoms with Crippen molar-refractivity contribution in [3.05, 3.63) is 53.3 Å². The van der Waals surface area contributed by atoms with E-state index in [1.807, 2.05) is 24.3 Å². The second-order valence-corrected chi connectivity index (χ2v) is 10.5. The molecule has 13 heteroatoms. The maximum Gasteiger partial charge on any atom is 0.417 e. The normalized spacial score (nSPS) is 16.1. The van der Waals surface area contributed by atoms with E-state index in [0.29, 0.717) is 59.0 Å². The number of alkyl halides is 3. The van der Waals surface area contributed by atoms with Crippen LogP contribution >= 0.6 is 23.8 Å². The van der Waals surface area contributed by atoms with Crippen LogP contribution in [0.5, 0.6) is 0 Å². The molecule has 1 aliphatic heterocycles. The Morgan fingerprint density at radius 1 is 1.03 bits per heavy atom. The summed E-state index contributed by atoms with van der Waals surface area (Å²) in [6.45, 7) is 2.44. The van der Waals surface area contributed by atoms with E-state index >= 15 is 0 Å². The van der Waals surface area contributed by atoms with E-state index in [0.717, 1.165) is 30.3 Å². The molecule has 0 bridgehead atoms. The average Bonchev–Trinajstić information content (AvgIpc) is 3.70. The molecule has 0 atom stereocenters. The number of benzene rings is 2. The second kappa shape index (κ2) is 9.83. The predicted molar refractivity (Wildman–Crippen MR) is 149 cm³/mol. The minimum absolute atomic E-state index is 0.0619. The minimum atomic E-state index is -4.56.